The lowest BCUT2D eigenvalue weighted by Gasteiger charge is -2.06. The van der Waals surface area contributed by atoms with Gasteiger partial charge in [-0.1, -0.05) is 23.7 Å². The molecule has 0 saturated heterocycles. The summed E-state index contributed by atoms with van der Waals surface area (Å²) in [6, 6.07) is 13.1. The average Bonchev–Trinajstić information content (AvgIpc) is 3.11. The lowest BCUT2D eigenvalue weighted by atomic mass is 10.1. The number of rotatable bonds is 5. The summed E-state index contributed by atoms with van der Waals surface area (Å²) in [6.07, 6.45) is 1.42. The summed E-state index contributed by atoms with van der Waals surface area (Å²) in [5.74, 6) is -0.294. The number of benzene rings is 2. The van der Waals surface area contributed by atoms with E-state index < -0.39 is 4.92 Å². The molecule has 0 aliphatic heterocycles. The van der Waals surface area contributed by atoms with Gasteiger partial charge in [-0.25, -0.2) is 0 Å². The number of nitro benzene ring substituents is 1. The van der Waals surface area contributed by atoms with Gasteiger partial charge in [0.25, 0.3) is 11.6 Å². The van der Waals surface area contributed by atoms with Crippen molar-refractivity contribution in [1.82, 2.24) is 15.5 Å². The van der Waals surface area contributed by atoms with Crippen LogP contribution < -0.4 is 5.32 Å². The van der Waals surface area contributed by atoms with Crippen molar-refractivity contribution in [1.29, 1.82) is 0 Å². The van der Waals surface area contributed by atoms with E-state index in [0.29, 0.717) is 28.4 Å². The van der Waals surface area contributed by atoms with Crippen LogP contribution in [0.1, 0.15) is 15.9 Å². The van der Waals surface area contributed by atoms with E-state index in [1.807, 2.05) is 12.1 Å². The minimum atomic E-state index is -0.476. The molecule has 0 atom stereocenters. The van der Waals surface area contributed by atoms with E-state index in [1.165, 1.54) is 18.3 Å². The number of nitro groups is 1. The number of aromatic nitrogens is 2. The highest BCUT2D eigenvalue weighted by Crippen LogP contribution is 2.23. The molecule has 8 heteroatoms. The SMILES string of the molecule is O=C(NCc1ccc(Cl)cc1)c1cn[nH]c1-c1ccc([N+](=O)[O-])cc1. The number of carbonyl (C=O) groups is 1. The molecule has 0 aliphatic carbocycles. The molecule has 2 aromatic carbocycles. The van der Waals surface area contributed by atoms with Crippen LogP contribution in [0.5, 0.6) is 0 Å². The quantitative estimate of drug-likeness (QED) is 0.539. The molecule has 0 radical (unpaired) electrons. The van der Waals surface area contributed by atoms with Gasteiger partial charge in [-0.2, -0.15) is 5.10 Å². The molecule has 25 heavy (non-hydrogen) atoms. The molecule has 0 fully saturated rings. The van der Waals surface area contributed by atoms with Crippen molar-refractivity contribution in [2.45, 2.75) is 6.54 Å². The van der Waals surface area contributed by atoms with E-state index >= 15 is 0 Å². The summed E-state index contributed by atoms with van der Waals surface area (Å²) in [5.41, 5.74) is 2.40. The fourth-order valence-electron chi connectivity index (χ4n) is 2.31. The first-order valence-corrected chi connectivity index (χ1v) is 7.73. The van der Waals surface area contributed by atoms with Crippen molar-refractivity contribution in [3.8, 4) is 11.3 Å². The van der Waals surface area contributed by atoms with Crippen LogP contribution in [0.2, 0.25) is 5.02 Å². The smallest absolute Gasteiger partial charge is 0.269 e. The minimum absolute atomic E-state index is 0.0167. The van der Waals surface area contributed by atoms with Crippen LogP contribution in [-0.2, 0) is 6.54 Å². The predicted octanol–water partition coefficient (Wildman–Crippen LogP) is 3.57. The normalized spacial score (nSPS) is 10.4. The maximum absolute atomic E-state index is 12.4. The van der Waals surface area contributed by atoms with Crippen molar-refractivity contribution >= 4 is 23.2 Å². The highest BCUT2D eigenvalue weighted by molar-refractivity contribution is 6.30. The number of non-ortho nitro benzene ring substituents is 1. The molecule has 7 nitrogen and oxygen atoms in total. The van der Waals surface area contributed by atoms with Gasteiger partial charge in [-0.15, -0.1) is 0 Å². The molecule has 0 bridgehead atoms. The standard InChI is InChI=1S/C17H13ClN4O3/c18-13-5-1-11(2-6-13)9-19-17(23)15-10-20-21-16(15)12-3-7-14(8-4-12)22(24)25/h1-8,10H,9H2,(H,19,23)(H,20,21). The Morgan fingerprint density at radius 1 is 1.16 bits per heavy atom. The van der Waals surface area contributed by atoms with Crippen LogP contribution in [0.15, 0.2) is 54.7 Å². The summed E-state index contributed by atoms with van der Waals surface area (Å²) in [4.78, 5) is 22.7. The number of nitrogens with one attached hydrogen (secondary N) is 2. The second kappa shape index (κ2) is 7.14. The van der Waals surface area contributed by atoms with Crippen LogP contribution in [0.25, 0.3) is 11.3 Å². The van der Waals surface area contributed by atoms with Crippen LogP contribution in [0, 0.1) is 10.1 Å². The molecule has 3 aromatic rings. The van der Waals surface area contributed by atoms with E-state index in [1.54, 1.807) is 24.3 Å². The van der Waals surface area contributed by atoms with Gasteiger partial charge in [-0.3, -0.25) is 20.0 Å². The van der Waals surface area contributed by atoms with Gasteiger partial charge >= 0.3 is 0 Å². The van der Waals surface area contributed by atoms with Crippen molar-refractivity contribution in [3.63, 3.8) is 0 Å². The maximum atomic E-state index is 12.4. The van der Waals surface area contributed by atoms with Crippen molar-refractivity contribution in [2.24, 2.45) is 0 Å². The number of amides is 1. The zero-order chi connectivity index (χ0) is 17.8. The molecule has 0 saturated carbocycles. The monoisotopic (exact) mass is 356 g/mol. The Labute approximate surface area is 147 Å². The number of nitrogens with zero attached hydrogens (tertiary/aromatic N) is 2. The second-order valence-electron chi connectivity index (χ2n) is 5.27. The van der Waals surface area contributed by atoms with E-state index in [9.17, 15) is 14.9 Å². The van der Waals surface area contributed by atoms with Crippen LogP contribution >= 0.6 is 11.6 Å². The largest absolute Gasteiger partial charge is 0.348 e. The first kappa shape index (κ1) is 16.7. The molecule has 1 amide bonds. The first-order valence-electron chi connectivity index (χ1n) is 7.35. The average molecular weight is 357 g/mol. The zero-order valence-corrected chi connectivity index (χ0v) is 13.7. The number of aromatic amines is 1. The van der Waals surface area contributed by atoms with Gasteiger partial charge in [0.05, 0.1) is 22.4 Å². The molecule has 0 spiro atoms. The lowest BCUT2D eigenvalue weighted by molar-refractivity contribution is -0.384. The molecular weight excluding hydrogens is 344 g/mol. The van der Waals surface area contributed by atoms with Crippen molar-refractivity contribution < 1.29 is 9.72 Å². The summed E-state index contributed by atoms with van der Waals surface area (Å²) in [7, 11) is 0. The molecule has 0 unspecified atom stereocenters. The Bertz CT molecular complexity index is 904. The fourth-order valence-corrected chi connectivity index (χ4v) is 2.43. The Morgan fingerprint density at radius 3 is 2.48 bits per heavy atom. The van der Waals surface area contributed by atoms with Crippen molar-refractivity contribution in [2.75, 3.05) is 0 Å². The highest BCUT2D eigenvalue weighted by Gasteiger charge is 2.16. The number of halogens is 1. The Kier molecular flexibility index (Phi) is 4.76. The lowest BCUT2D eigenvalue weighted by Crippen LogP contribution is -2.22. The Balaban J connectivity index is 1.75. The van der Waals surface area contributed by atoms with Gasteiger partial charge < -0.3 is 5.32 Å². The van der Waals surface area contributed by atoms with Crippen LogP contribution in [0.3, 0.4) is 0 Å². The topological polar surface area (TPSA) is 101 Å². The van der Waals surface area contributed by atoms with E-state index in [4.69, 9.17) is 11.6 Å². The van der Waals surface area contributed by atoms with Gasteiger partial charge in [0.1, 0.15) is 0 Å². The van der Waals surface area contributed by atoms with Crippen LogP contribution in [0.4, 0.5) is 5.69 Å². The van der Waals surface area contributed by atoms with Crippen molar-refractivity contribution in [3.05, 3.63) is 81.0 Å². The van der Waals surface area contributed by atoms with Gasteiger partial charge in [0.15, 0.2) is 0 Å². The van der Waals surface area contributed by atoms with E-state index in [-0.39, 0.29) is 11.6 Å². The molecule has 0 aliphatic rings. The summed E-state index contributed by atoms with van der Waals surface area (Å²) < 4.78 is 0. The first-order chi connectivity index (χ1) is 12.0. The van der Waals surface area contributed by atoms with Gasteiger partial charge in [-0.05, 0) is 29.8 Å². The molecule has 1 heterocycles. The molecule has 126 valence electrons. The number of hydrogen-bond donors (Lipinski definition) is 2. The van der Waals surface area contributed by atoms with Gasteiger partial charge in [0, 0.05) is 29.3 Å². The molecule has 2 N–H and O–H groups in total. The van der Waals surface area contributed by atoms with E-state index in [0.717, 1.165) is 5.56 Å². The third-order valence-corrected chi connectivity index (χ3v) is 3.87. The van der Waals surface area contributed by atoms with Crippen LogP contribution in [-0.4, -0.2) is 21.0 Å². The number of hydrogen-bond acceptors (Lipinski definition) is 4. The van der Waals surface area contributed by atoms with E-state index in [2.05, 4.69) is 15.5 Å². The molecular formula is C17H13ClN4O3. The number of carbonyl (C=O) groups excluding carboxylic acids is 1. The van der Waals surface area contributed by atoms with Gasteiger partial charge in [0.2, 0.25) is 0 Å². The minimum Gasteiger partial charge on any atom is -0.348 e. The summed E-state index contributed by atoms with van der Waals surface area (Å²) >= 11 is 5.83. The highest BCUT2D eigenvalue weighted by atomic mass is 35.5. The summed E-state index contributed by atoms with van der Waals surface area (Å²) in [5, 5.41) is 20.8. The summed E-state index contributed by atoms with van der Waals surface area (Å²) in [6.45, 7) is 0.348. The second-order valence-corrected chi connectivity index (χ2v) is 5.71. The predicted molar refractivity (Wildman–Crippen MR) is 93.3 cm³/mol. The molecule has 3 rings (SSSR count). The Hall–Kier alpha value is -3.19. The Morgan fingerprint density at radius 2 is 1.84 bits per heavy atom. The number of H-pyrrole nitrogens is 1. The zero-order valence-electron chi connectivity index (χ0n) is 12.9. The third kappa shape index (κ3) is 3.84. The third-order valence-electron chi connectivity index (χ3n) is 3.62. The maximum Gasteiger partial charge on any atom is 0.269 e. The molecule has 1 aromatic heterocycles. The fraction of sp³-hybridized carbons (Fsp3) is 0.0588.